The number of alkyl halides is 1. The molecule has 1 fully saturated rings. The summed E-state index contributed by atoms with van der Waals surface area (Å²) in [5, 5.41) is 0. The number of methoxy groups -OCH3 is 2. The molecule has 148 valence electrons. The molecule has 29 heavy (non-hydrogen) atoms. The molecule has 0 radical (unpaired) electrons. The first-order valence-corrected chi connectivity index (χ1v) is 9.90. The van der Waals surface area contributed by atoms with Crippen LogP contribution in [-0.2, 0) is 10.2 Å². The van der Waals surface area contributed by atoms with E-state index in [0.717, 1.165) is 22.6 Å². The minimum absolute atomic E-state index is 0.111. The lowest BCUT2D eigenvalue weighted by atomic mass is 9.85. The number of hydrogen-bond acceptors (Lipinski definition) is 3. The summed E-state index contributed by atoms with van der Waals surface area (Å²) >= 11 is 3.77. The van der Waals surface area contributed by atoms with Crippen molar-refractivity contribution in [3.8, 4) is 36.2 Å². The zero-order valence-corrected chi connectivity index (χ0v) is 18.0. The standard InChI is InChI=1S/C24H22BrNO3/c1-5-15-26(16-6-2)22(27)24(25)17-23(24,18-7-11-20(28-3)12-8-18)19-9-13-21(29-4)14-10-19/h1-2,7-14H,15-17H2,3-4H3. The van der Waals surface area contributed by atoms with Gasteiger partial charge in [0.1, 0.15) is 15.8 Å². The van der Waals surface area contributed by atoms with E-state index in [4.69, 9.17) is 22.3 Å². The van der Waals surface area contributed by atoms with Gasteiger partial charge in [0.05, 0.1) is 27.3 Å². The largest absolute Gasteiger partial charge is 0.497 e. The molecule has 5 heteroatoms. The number of terminal acetylenes is 2. The second kappa shape index (κ2) is 8.23. The monoisotopic (exact) mass is 451 g/mol. The van der Waals surface area contributed by atoms with Gasteiger partial charge in [-0.3, -0.25) is 4.79 Å². The number of carbonyl (C=O) groups excluding carboxylic acids is 1. The second-order valence-corrected chi connectivity index (χ2v) is 8.26. The van der Waals surface area contributed by atoms with Crippen molar-refractivity contribution in [3.05, 3.63) is 59.7 Å². The number of halogens is 1. The van der Waals surface area contributed by atoms with Crippen LogP contribution < -0.4 is 9.47 Å². The number of rotatable bonds is 7. The van der Waals surface area contributed by atoms with Crippen molar-refractivity contribution in [1.82, 2.24) is 4.90 Å². The van der Waals surface area contributed by atoms with Gasteiger partial charge in [-0.25, -0.2) is 0 Å². The maximum absolute atomic E-state index is 13.5. The number of carbonyl (C=O) groups is 1. The number of amides is 1. The Morgan fingerprint density at radius 2 is 1.38 bits per heavy atom. The summed E-state index contributed by atoms with van der Waals surface area (Å²) in [4.78, 5) is 15.0. The topological polar surface area (TPSA) is 38.8 Å². The van der Waals surface area contributed by atoms with Crippen molar-refractivity contribution in [3.63, 3.8) is 0 Å². The molecule has 1 aliphatic rings. The molecule has 0 N–H and O–H groups in total. The van der Waals surface area contributed by atoms with Gasteiger partial charge in [-0.15, -0.1) is 12.8 Å². The van der Waals surface area contributed by atoms with Crippen LogP contribution in [0.3, 0.4) is 0 Å². The Morgan fingerprint density at radius 1 is 0.966 bits per heavy atom. The smallest absolute Gasteiger partial charge is 0.242 e. The predicted octanol–water partition coefficient (Wildman–Crippen LogP) is 3.62. The van der Waals surface area contributed by atoms with Crippen LogP contribution in [0.2, 0.25) is 0 Å². The van der Waals surface area contributed by atoms with Crippen LogP contribution in [0.25, 0.3) is 0 Å². The molecular formula is C24H22BrNO3. The van der Waals surface area contributed by atoms with Gasteiger partial charge >= 0.3 is 0 Å². The molecule has 0 bridgehead atoms. The van der Waals surface area contributed by atoms with Gasteiger partial charge in [0.15, 0.2) is 0 Å². The Morgan fingerprint density at radius 3 is 1.72 bits per heavy atom. The lowest BCUT2D eigenvalue weighted by Gasteiger charge is -2.27. The first-order chi connectivity index (χ1) is 14.0. The van der Waals surface area contributed by atoms with E-state index >= 15 is 0 Å². The number of hydrogen-bond donors (Lipinski definition) is 0. The van der Waals surface area contributed by atoms with Crippen LogP contribution in [0.1, 0.15) is 17.5 Å². The van der Waals surface area contributed by atoms with E-state index in [0.29, 0.717) is 6.42 Å². The molecule has 0 spiro atoms. The summed E-state index contributed by atoms with van der Waals surface area (Å²) < 4.78 is 9.75. The van der Waals surface area contributed by atoms with Crippen LogP contribution in [0.4, 0.5) is 0 Å². The van der Waals surface area contributed by atoms with Crippen LogP contribution >= 0.6 is 15.9 Å². The van der Waals surface area contributed by atoms with E-state index in [-0.39, 0.29) is 19.0 Å². The SMILES string of the molecule is C#CCN(CC#C)C(=O)C1(Br)CC1(c1ccc(OC)cc1)c1ccc(OC)cc1. The summed E-state index contributed by atoms with van der Waals surface area (Å²) in [6.07, 6.45) is 11.5. The van der Waals surface area contributed by atoms with E-state index in [1.54, 1.807) is 14.2 Å². The highest BCUT2D eigenvalue weighted by molar-refractivity contribution is 9.10. The Kier molecular flexibility index (Phi) is 5.91. The quantitative estimate of drug-likeness (QED) is 0.476. The molecule has 3 rings (SSSR count). The van der Waals surface area contributed by atoms with Crippen LogP contribution in [0.5, 0.6) is 11.5 Å². The molecule has 1 saturated carbocycles. The fraction of sp³-hybridized carbons (Fsp3) is 0.292. The lowest BCUT2D eigenvalue weighted by Crippen LogP contribution is -2.42. The number of benzene rings is 2. The Labute approximate surface area is 180 Å². The van der Waals surface area contributed by atoms with Crippen molar-refractivity contribution in [2.75, 3.05) is 27.3 Å². The average molecular weight is 452 g/mol. The summed E-state index contributed by atoms with van der Waals surface area (Å²) in [5.41, 5.74) is 1.47. The molecule has 0 heterocycles. The third kappa shape index (κ3) is 3.48. The zero-order chi connectivity index (χ0) is 21.1. The zero-order valence-electron chi connectivity index (χ0n) is 16.4. The highest BCUT2D eigenvalue weighted by Gasteiger charge is 2.73. The van der Waals surface area contributed by atoms with Gasteiger partial charge in [0.2, 0.25) is 5.91 Å². The van der Waals surface area contributed by atoms with Crippen LogP contribution in [-0.4, -0.2) is 42.4 Å². The molecule has 2 aromatic rings. The van der Waals surface area contributed by atoms with Gasteiger partial charge in [-0.1, -0.05) is 52.0 Å². The predicted molar refractivity (Wildman–Crippen MR) is 117 cm³/mol. The van der Waals surface area contributed by atoms with Gasteiger partial charge in [-0.2, -0.15) is 0 Å². The van der Waals surface area contributed by atoms with E-state index in [9.17, 15) is 4.79 Å². The lowest BCUT2D eigenvalue weighted by molar-refractivity contribution is -0.130. The molecule has 0 saturated heterocycles. The Balaban J connectivity index is 2.08. The van der Waals surface area contributed by atoms with Crippen molar-refractivity contribution in [2.45, 2.75) is 16.2 Å². The van der Waals surface area contributed by atoms with E-state index in [1.165, 1.54) is 4.90 Å². The van der Waals surface area contributed by atoms with Gasteiger partial charge in [-0.05, 0) is 41.8 Å². The minimum Gasteiger partial charge on any atom is -0.497 e. The molecular weight excluding hydrogens is 430 g/mol. The summed E-state index contributed by atoms with van der Waals surface area (Å²) in [7, 11) is 3.25. The highest BCUT2D eigenvalue weighted by atomic mass is 79.9. The molecule has 1 aliphatic carbocycles. The fourth-order valence-corrected chi connectivity index (χ4v) is 4.96. The summed E-state index contributed by atoms with van der Waals surface area (Å²) in [5.74, 6) is 6.45. The maximum Gasteiger partial charge on any atom is 0.242 e. The molecule has 2 aromatic carbocycles. The maximum atomic E-state index is 13.5. The number of ether oxygens (including phenoxy) is 2. The van der Waals surface area contributed by atoms with E-state index < -0.39 is 9.74 Å². The minimum atomic E-state index is -0.836. The molecule has 1 unspecified atom stereocenters. The molecule has 0 aromatic heterocycles. The van der Waals surface area contributed by atoms with Gasteiger partial charge in [0.25, 0.3) is 0 Å². The molecule has 1 atom stereocenters. The summed E-state index contributed by atoms with van der Waals surface area (Å²) in [6, 6.07) is 15.6. The third-order valence-corrected chi connectivity index (χ3v) is 6.71. The van der Waals surface area contributed by atoms with Crippen LogP contribution in [0.15, 0.2) is 48.5 Å². The average Bonchev–Trinajstić information content (AvgIpc) is 3.41. The molecule has 0 aliphatic heterocycles. The number of nitrogens with zero attached hydrogens (tertiary/aromatic N) is 1. The first-order valence-electron chi connectivity index (χ1n) is 9.11. The molecule has 1 amide bonds. The van der Waals surface area contributed by atoms with Gasteiger partial charge < -0.3 is 14.4 Å². The third-order valence-electron chi connectivity index (χ3n) is 5.42. The van der Waals surface area contributed by atoms with E-state index in [2.05, 4.69) is 27.8 Å². The second-order valence-electron chi connectivity index (χ2n) is 6.91. The summed E-state index contributed by atoms with van der Waals surface area (Å²) in [6.45, 7) is 0.329. The molecule has 4 nitrogen and oxygen atoms in total. The Bertz CT molecular complexity index is 906. The first kappa shape index (κ1) is 20.8. The van der Waals surface area contributed by atoms with Crippen LogP contribution in [0, 0.1) is 24.7 Å². The van der Waals surface area contributed by atoms with E-state index in [1.807, 2.05) is 48.5 Å². The van der Waals surface area contributed by atoms with Crippen molar-refractivity contribution in [1.29, 1.82) is 0 Å². The highest BCUT2D eigenvalue weighted by Crippen LogP contribution is 2.67. The van der Waals surface area contributed by atoms with Crippen molar-refractivity contribution >= 4 is 21.8 Å². The normalized spacial score (nSPS) is 18.8. The van der Waals surface area contributed by atoms with Crippen molar-refractivity contribution < 1.29 is 14.3 Å². The van der Waals surface area contributed by atoms with Crippen molar-refractivity contribution in [2.24, 2.45) is 0 Å². The van der Waals surface area contributed by atoms with Gasteiger partial charge in [0, 0.05) is 5.41 Å². The fourth-order valence-electron chi connectivity index (χ4n) is 3.83. The Hall–Kier alpha value is -2.89.